The standard InChI is InChI=1S/C13H19N3OS/c1-7-9-4-13(7,5-9)16-11-10(8(2)17)6-14-12(15-11)18-3/h6-9,17H,4-5H2,1-3H3,(H,14,15,16)/t7-,8?,9?,13?/m1/s1. The molecule has 2 N–H and O–H groups in total. The van der Waals surface area contributed by atoms with Gasteiger partial charge in [-0.05, 0) is 37.9 Å². The van der Waals surface area contributed by atoms with Gasteiger partial charge in [0.1, 0.15) is 5.82 Å². The van der Waals surface area contributed by atoms with Crippen molar-refractivity contribution in [1.29, 1.82) is 0 Å². The number of aromatic nitrogens is 2. The largest absolute Gasteiger partial charge is 0.389 e. The van der Waals surface area contributed by atoms with E-state index in [9.17, 15) is 5.11 Å². The van der Waals surface area contributed by atoms with Crippen LogP contribution in [0, 0.1) is 11.8 Å². The quantitative estimate of drug-likeness (QED) is 0.647. The van der Waals surface area contributed by atoms with Crippen molar-refractivity contribution in [3.8, 4) is 0 Å². The van der Waals surface area contributed by atoms with Gasteiger partial charge in [0.25, 0.3) is 0 Å². The topological polar surface area (TPSA) is 58.0 Å². The first-order chi connectivity index (χ1) is 8.55. The van der Waals surface area contributed by atoms with Crippen LogP contribution in [0.25, 0.3) is 0 Å². The molecule has 3 aliphatic carbocycles. The van der Waals surface area contributed by atoms with Gasteiger partial charge in [0.15, 0.2) is 5.16 Å². The third-order valence-corrected chi connectivity index (χ3v) is 5.19. The van der Waals surface area contributed by atoms with Crippen LogP contribution in [0.15, 0.2) is 11.4 Å². The molecule has 2 atom stereocenters. The molecule has 0 saturated heterocycles. The Morgan fingerprint density at radius 2 is 2.28 bits per heavy atom. The normalized spacial score (nSPS) is 34.4. The molecule has 0 radical (unpaired) electrons. The van der Waals surface area contributed by atoms with Gasteiger partial charge in [0.2, 0.25) is 0 Å². The number of hydrogen-bond acceptors (Lipinski definition) is 5. The fourth-order valence-corrected chi connectivity index (χ4v) is 3.40. The predicted octanol–water partition coefficient (Wildman–Crippen LogP) is 2.46. The van der Waals surface area contributed by atoms with E-state index in [4.69, 9.17) is 0 Å². The van der Waals surface area contributed by atoms with Crippen LogP contribution in [0.5, 0.6) is 0 Å². The fraction of sp³-hybridized carbons (Fsp3) is 0.692. The summed E-state index contributed by atoms with van der Waals surface area (Å²) in [6, 6.07) is 0. The van der Waals surface area contributed by atoms with Gasteiger partial charge in [0, 0.05) is 17.3 Å². The zero-order valence-electron chi connectivity index (χ0n) is 11.0. The minimum Gasteiger partial charge on any atom is -0.389 e. The Hall–Kier alpha value is -0.810. The molecule has 2 bridgehead atoms. The molecule has 3 saturated carbocycles. The van der Waals surface area contributed by atoms with E-state index >= 15 is 0 Å². The van der Waals surface area contributed by atoms with Gasteiger partial charge in [-0.25, -0.2) is 9.97 Å². The van der Waals surface area contributed by atoms with Crippen LogP contribution < -0.4 is 5.32 Å². The Balaban J connectivity index is 1.89. The Bertz CT molecular complexity index is 471. The van der Waals surface area contributed by atoms with Crippen LogP contribution >= 0.6 is 11.8 Å². The van der Waals surface area contributed by atoms with E-state index in [0.29, 0.717) is 0 Å². The fourth-order valence-electron chi connectivity index (χ4n) is 3.06. The molecule has 3 aliphatic rings. The van der Waals surface area contributed by atoms with Gasteiger partial charge in [-0.1, -0.05) is 18.7 Å². The van der Waals surface area contributed by atoms with Gasteiger partial charge < -0.3 is 10.4 Å². The highest BCUT2D eigenvalue weighted by atomic mass is 32.2. The number of anilines is 1. The van der Waals surface area contributed by atoms with Crippen molar-refractivity contribution >= 4 is 17.6 Å². The number of aliphatic hydroxyl groups excluding tert-OH is 1. The second kappa shape index (κ2) is 4.10. The lowest BCUT2D eigenvalue weighted by Gasteiger charge is -2.67. The highest BCUT2D eigenvalue weighted by molar-refractivity contribution is 7.98. The minimum absolute atomic E-state index is 0.234. The van der Waals surface area contributed by atoms with Gasteiger partial charge in [0.05, 0.1) is 6.10 Å². The number of rotatable bonds is 4. The maximum atomic E-state index is 9.81. The number of hydrogen-bond donors (Lipinski definition) is 2. The molecule has 4 nitrogen and oxygen atoms in total. The highest BCUT2D eigenvalue weighted by Gasteiger charge is 2.63. The summed E-state index contributed by atoms with van der Waals surface area (Å²) >= 11 is 1.52. The van der Waals surface area contributed by atoms with E-state index in [1.165, 1.54) is 24.6 Å². The molecule has 5 heteroatoms. The monoisotopic (exact) mass is 265 g/mol. The first-order valence-electron chi connectivity index (χ1n) is 6.43. The summed E-state index contributed by atoms with van der Waals surface area (Å²) in [4.78, 5) is 8.76. The predicted molar refractivity (Wildman–Crippen MR) is 72.7 cm³/mol. The second-order valence-corrected chi connectivity index (χ2v) is 6.35. The molecular formula is C13H19N3OS. The molecule has 3 fully saturated rings. The molecule has 0 aromatic carbocycles. The molecule has 1 aromatic rings. The highest BCUT2D eigenvalue weighted by Crippen LogP contribution is 2.63. The second-order valence-electron chi connectivity index (χ2n) is 5.57. The summed E-state index contributed by atoms with van der Waals surface area (Å²) in [5.74, 6) is 2.44. The number of nitrogens with zero attached hydrogens (tertiary/aromatic N) is 2. The van der Waals surface area contributed by atoms with Gasteiger partial charge in [-0.3, -0.25) is 0 Å². The van der Waals surface area contributed by atoms with E-state index in [1.807, 2.05) is 6.26 Å². The van der Waals surface area contributed by atoms with Crippen LogP contribution in [-0.4, -0.2) is 26.9 Å². The number of thioether (sulfide) groups is 1. The van der Waals surface area contributed by atoms with Crippen molar-refractivity contribution in [1.82, 2.24) is 9.97 Å². The average molecular weight is 265 g/mol. The van der Waals surface area contributed by atoms with E-state index in [-0.39, 0.29) is 5.54 Å². The smallest absolute Gasteiger partial charge is 0.189 e. The lowest BCUT2D eigenvalue weighted by Crippen LogP contribution is -2.70. The minimum atomic E-state index is -0.536. The first-order valence-corrected chi connectivity index (χ1v) is 7.65. The van der Waals surface area contributed by atoms with Crippen molar-refractivity contribution in [2.24, 2.45) is 11.8 Å². The van der Waals surface area contributed by atoms with E-state index < -0.39 is 6.10 Å². The average Bonchev–Trinajstić information content (AvgIpc) is 2.33. The molecule has 1 unspecified atom stereocenters. The zero-order chi connectivity index (χ0) is 12.9. The van der Waals surface area contributed by atoms with Gasteiger partial charge in [-0.2, -0.15) is 0 Å². The number of aliphatic hydroxyl groups is 1. The van der Waals surface area contributed by atoms with Crippen molar-refractivity contribution in [2.75, 3.05) is 11.6 Å². The molecule has 1 heterocycles. The summed E-state index contributed by atoms with van der Waals surface area (Å²) in [6.45, 7) is 4.05. The van der Waals surface area contributed by atoms with Gasteiger partial charge in [-0.15, -0.1) is 0 Å². The Labute approximate surface area is 112 Å². The Morgan fingerprint density at radius 1 is 1.56 bits per heavy atom. The van der Waals surface area contributed by atoms with Crippen LogP contribution in [0.3, 0.4) is 0 Å². The van der Waals surface area contributed by atoms with Crippen LogP contribution in [-0.2, 0) is 0 Å². The molecular weight excluding hydrogens is 246 g/mol. The van der Waals surface area contributed by atoms with Gasteiger partial charge >= 0.3 is 0 Å². The SMILES string of the molecule is CSc1ncc(C(C)O)c(NC23CC(C2)[C@H]3C)n1. The van der Waals surface area contributed by atoms with E-state index in [1.54, 1.807) is 13.1 Å². The number of nitrogens with one attached hydrogen (secondary N) is 1. The lowest BCUT2D eigenvalue weighted by molar-refractivity contribution is -0.0813. The summed E-state index contributed by atoms with van der Waals surface area (Å²) in [7, 11) is 0. The summed E-state index contributed by atoms with van der Waals surface area (Å²) < 4.78 is 0. The van der Waals surface area contributed by atoms with E-state index in [2.05, 4.69) is 22.2 Å². The van der Waals surface area contributed by atoms with Crippen molar-refractivity contribution in [2.45, 2.75) is 43.5 Å². The molecule has 4 rings (SSSR count). The maximum absolute atomic E-state index is 9.81. The third-order valence-electron chi connectivity index (χ3n) is 4.63. The molecule has 0 amide bonds. The molecule has 98 valence electrons. The summed E-state index contributed by atoms with van der Waals surface area (Å²) in [5, 5.41) is 14.1. The zero-order valence-corrected chi connectivity index (χ0v) is 11.8. The Morgan fingerprint density at radius 3 is 2.72 bits per heavy atom. The first kappa shape index (κ1) is 12.2. The van der Waals surface area contributed by atoms with Crippen LogP contribution in [0.1, 0.15) is 38.4 Å². The molecule has 0 aliphatic heterocycles. The van der Waals surface area contributed by atoms with E-state index in [0.717, 1.165) is 28.4 Å². The lowest BCUT2D eigenvalue weighted by atomic mass is 9.43. The van der Waals surface area contributed by atoms with Crippen LogP contribution in [0.2, 0.25) is 0 Å². The van der Waals surface area contributed by atoms with Crippen molar-refractivity contribution in [3.63, 3.8) is 0 Å². The summed E-state index contributed by atoms with van der Waals surface area (Å²) in [6.07, 6.45) is 5.65. The molecule has 1 aromatic heterocycles. The maximum Gasteiger partial charge on any atom is 0.189 e. The molecule has 0 spiro atoms. The van der Waals surface area contributed by atoms with Crippen molar-refractivity contribution < 1.29 is 5.11 Å². The summed E-state index contributed by atoms with van der Waals surface area (Å²) in [5.41, 5.74) is 1.03. The third kappa shape index (κ3) is 1.64. The molecule has 18 heavy (non-hydrogen) atoms. The van der Waals surface area contributed by atoms with Crippen LogP contribution in [0.4, 0.5) is 5.82 Å². The van der Waals surface area contributed by atoms with Crippen molar-refractivity contribution in [3.05, 3.63) is 11.8 Å². The Kier molecular flexibility index (Phi) is 2.79.